The smallest absolute Gasteiger partial charge is 0.323 e. The van der Waals surface area contributed by atoms with E-state index >= 15 is 0 Å². The number of hydrogen-bond acceptors (Lipinski definition) is 4. The van der Waals surface area contributed by atoms with Gasteiger partial charge in [-0.05, 0) is 18.2 Å². The molecule has 4 rings (SSSR count). The molecule has 1 N–H and O–H groups in total. The Balaban J connectivity index is 1.71. The third-order valence-corrected chi connectivity index (χ3v) is 3.75. The van der Waals surface area contributed by atoms with Crippen LogP contribution in [0.15, 0.2) is 67.0 Å². The number of halogens is 3. The fraction of sp³-hybridized carbons (Fsp3) is 0.0556. The minimum absolute atomic E-state index is 0.189. The van der Waals surface area contributed by atoms with Gasteiger partial charge in [-0.2, -0.15) is 18.2 Å². The van der Waals surface area contributed by atoms with E-state index in [0.29, 0.717) is 11.3 Å². The zero-order valence-corrected chi connectivity index (χ0v) is 13.3. The average molecular weight is 355 g/mol. The van der Waals surface area contributed by atoms with E-state index in [1.54, 1.807) is 12.4 Å². The van der Waals surface area contributed by atoms with Crippen LogP contribution >= 0.6 is 0 Å². The Bertz CT molecular complexity index is 1060. The van der Waals surface area contributed by atoms with Gasteiger partial charge in [0, 0.05) is 23.6 Å². The van der Waals surface area contributed by atoms with Gasteiger partial charge in [0.25, 0.3) is 0 Å². The number of fused-ring (bicyclic) bond motifs is 1. The third kappa shape index (κ3) is 3.08. The standard InChI is InChI=1S/C18H12F3N5/c19-18(20,21)13-7-4-8-14(11-13)23-17-24-16-15(12-5-2-1-3-6-12)22-9-10-26(16)25-17/h1-11H,(H,23,25). The van der Waals surface area contributed by atoms with Crippen LogP contribution in [0.4, 0.5) is 24.8 Å². The van der Waals surface area contributed by atoms with Crippen LogP contribution < -0.4 is 5.32 Å². The lowest BCUT2D eigenvalue weighted by Gasteiger charge is -2.08. The molecule has 26 heavy (non-hydrogen) atoms. The minimum Gasteiger partial charge on any atom is -0.323 e. The molecule has 0 radical (unpaired) electrons. The second kappa shape index (κ2) is 6.14. The van der Waals surface area contributed by atoms with Crippen LogP contribution in [0.3, 0.4) is 0 Å². The van der Waals surface area contributed by atoms with E-state index in [1.165, 1.54) is 16.6 Å². The van der Waals surface area contributed by atoms with E-state index in [9.17, 15) is 13.2 Å². The lowest BCUT2D eigenvalue weighted by Crippen LogP contribution is -2.05. The summed E-state index contributed by atoms with van der Waals surface area (Å²) in [7, 11) is 0. The number of alkyl halides is 3. The van der Waals surface area contributed by atoms with Crippen LogP contribution in [0.2, 0.25) is 0 Å². The quantitative estimate of drug-likeness (QED) is 0.586. The Hall–Kier alpha value is -3.42. The first-order valence-corrected chi connectivity index (χ1v) is 7.72. The number of benzene rings is 2. The molecule has 0 saturated heterocycles. The Labute approximate surface area is 146 Å². The molecule has 0 bridgehead atoms. The predicted octanol–water partition coefficient (Wildman–Crippen LogP) is 4.55. The zero-order chi connectivity index (χ0) is 18.1. The van der Waals surface area contributed by atoms with Crippen molar-refractivity contribution in [2.45, 2.75) is 6.18 Å². The Morgan fingerprint density at radius 3 is 2.54 bits per heavy atom. The highest BCUT2D eigenvalue weighted by atomic mass is 19.4. The largest absolute Gasteiger partial charge is 0.416 e. The topological polar surface area (TPSA) is 55.1 Å². The summed E-state index contributed by atoms with van der Waals surface area (Å²) in [6.45, 7) is 0. The van der Waals surface area contributed by atoms with Crippen molar-refractivity contribution in [1.29, 1.82) is 0 Å². The van der Waals surface area contributed by atoms with Gasteiger partial charge in [0.1, 0.15) is 5.69 Å². The molecule has 5 nitrogen and oxygen atoms in total. The number of nitrogens with one attached hydrogen (secondary N) is 1. The van der Waals surface area contributed by atoms with E-state index in [2.05, 4.69) is 20.4 Å². The van der Waals surface area contributed by atoms with Gasteiger partial charge in [0.2, 0.25) is 5.95 Å². The second-order valence-corrected chi connectivity index (χ2v) is 5.55. The van der Waals surface area contributed by atoms with E-state index < -0.39 is 11.7 Å². The highest BCUT2D eigenvalue weighted by Gasteiger charge is 2.30. The van der Waals surface area contributed by atoms with Gasteiger partial charge in [0.15, 0.2) is 5.65 Å². The van der Waals surface area contributed by atoms with Crippen LogP contribution in [-0.2, 0) is 6.18 Å². The maximum absolute atomic E-state index is 12.8. The molecule has 0 atom stereocenters. The molecule has 0 aliphatic rings. The molecule has 0 aliphatic heterocycles. The van der Waals surface area contributed by atoms with Gasteiger partial charge in [-0.1, -0.05) is 36.4 Å². The van der Waals surface area contributed by atoms with Crippen molar-refractivity contribution in [3.63, 3.8) is 0 Å². The molecule has 8 heteroatoms. The Morgan fingerprint density at radius 1 is 0.962 bits per heavy atom. The van der Waals surface area contributed by atoms with Crippen LogP contribution in [0.25, 0.3) is 16.9 Å². The maximum atomic E-state index is 12.8. The first-order chi connectivity index (χ1) is 12.5. The highest BCUT2D eigenvalue weighted by Crippen LogP contribution is 2.31. The van der Waals surface area contributed by atoms with Gasteiger partial charge >= 0.3 is 6.18 Å². The molecule has 0 aliphatic carbocycles. The summed E-state index contributed by atoms with van der Waals surface area (Å²) in [5, 5.41) is 7.07. The van der Waals surface area contributed by atoms with Gasteiger partial charge in [0.05, 0.1) is 5.56 Å². The maximum Gasteiger partial charge on any atom is 0.416 e. The number of hydrogen-bond donors (Lipinski definition) is 1. The summed E-state index contributed by atoms with van der Waals surface area (Å²) >= 11 is 0. The molecule has 2 aromatic carbocycles. The molecule has 2 heterocycles. The molecule has 0 fully saturated rings. The van der Waals surface area contributed by atoms with Crippen molar-refractivity contribution in [3.8, 4) is 11.3 Å². The zero-order valence-electron chi connectivity index (χ0n) is 13.3. The van der Waals surface area contributed by atoms with E-state index in [4.69, 9.17) is 0 Å². The first-order valence-electron chi connectivity index (χ1n) is 7.72. The lowest BCUT2D eigenvalue weighted by atomic mass is 10.1. The van der Waals surface area contributed by atoms with Crippen LogP contribution in [0.1, 0.15) is 5.56 Å². The lowest BCUT2D eigenvalue weighted by molar-refractivity contribution is -0.137. The average Bonchev–Trinajstić information content (AvgIpc) is 3.04. The summed E-state index contributed by atoms with van der Waals surface area (Å²) in [6, 6.07) is 14.4. The number of aromatic nitrogens is 4. The summed E-state index contributed by atoms with van der Waals surface area (Å²) < 4.78 is 40.1. The van der Waals surface area contributed by atoms with Gasteiger partial charge in [-0.25, -0.2) is 4.52 Å². The fourth-order valence-electron chi connectivity index (χ4n) is 2.57. The van der Waals surface area contributed by atoms with Crippen LogP contribution in [0, 0.1) is 0 Å². The summed E-state index contributed by atoms with van der Waals surface area (Å²) in [6.07, 6.45) is -1.18. The van der Waals surface area contributed by atoms with E-state index in [1.807, 2.05) is 30.3 Å². The number of anilines is 2. The summed E-state index contributed by atoms with van der Waals surface area (Å²) in [5.41, 5.74) is 1.53. The molecule has 0 spiro atoms. The molecule has 0 saturated carbocycles. The second-order valence-electron chi connectivity index (χ2n) is 5.55. The van der Waals surface area contributed by atoms with Crippen LogP contribution in [-0.4, -0.2) is 19.6 Å². The molecule has 2 aromatic heterocycles. The van der Waals surface area contributed by atoms with Crippen molar-refractivity contribution in [1.82, 2.24) is 19.6 Å². The normalized spacial score (nSPS) is 11.7. The summed E-state index contributed by atoms with van der Waals surface area (Å²) in [4.78, 5) is 8.72. The van der Waals surface area contributed by atoms with Crippen molar-refractivity contribution >= 4 is 17.3 Å². The fourth-order valence-corrected chi connectivity index (χ4v) is 2.57. The van der Waals surface area contributed by atoms with Crippen molar-refractivity contribution < 1.29 is 13.2 Å². The Morgan fingerprint density at radius 2 is 1.77 bits per heavy atom. The van der Waals surface area contributed by atoms with Crippen molar-refractivity contribution in [2.75, 3.05) is 5.32 Å². The van der Waals surface area contributed by atoms with Crippen LogP contribution in [0.5, 0.6) is 0 Å². The van der Waals surface area contributed by atoms with Gasteiger partial charge < -0.3 is 5.32 Å². The van der Waals surface area contributed by atoms with E-state index in [0.717, 1.165) is 17.7 Å². The molecular weight excluding hydrogens is 343 g/mol. The molecular formula is C18H12F3N5. The number of nitrogens with zero attached hydrogens (tertiary/aromatic N) is 4. The SMILES string of the molecule is FC(F)(F)c1cccc(Nc2nc3c(-c4ccccc4)nccn3n2)c1. The van der Waals surface area contributed by atoms with Gasteiger partial charge in [-0.15, -0.1) is 5.10 Å². The van der Waals surface area contributed by atoms with E-state index in [-0.39, 0.29) is 11.6 Å². The molecule has 130 valence electrons. The summed E-state index contributed by atoms with van der Waals surface area (Å²) in [5.74, 6) is 0.189. The minimum atomic E-state index is -4.41. The molecule has 0 amide bonds. The predicted molar refractivity (Wildman–Crippen MR) is 90.9 cm³/mol. The Kier molecular flexibility index (Phi) is 3.80. The van der Waals surface area contributed by atoms with Crippen molar-refractivity contribution in [2.24, 2.45) is 0 Å². The highest BCUT2D eigenvalue weighted by molar-refractivity contribution is 5.74. The third-order valence-electron chi connectivity index (χ3n) is 3.75. The molecule has 0 unspecified atom stereocenters. The van der Waals surface area contributed by atoms with Crippen molar-refractivity contribution in [3.05, 3.63) is 72.6 Å². The molecule has 4 aromatic rings. The monoisotopic (exact) mass is 355 g/mol. The number of rotatable bonds is 3. The van der Waals surface area contributed by atoms with Gasteiger partial charge in [-0.3, -0.25) is 4.98 Å². The first kappa shape index (κ1) is 16.1.